The lowest BCUT2D eigenvalue weighted by Crippen LogP contribution is -2.41. The van der Waals surface area contributed by atoms with E-state index in [2.05, 4.69) is 4.74 Å². The van der Waals surface area contributed by atoms with E-state index in [0.717, 1.165) is 27.7 Å². The molecule has 0 aromatic heterocycles. The van der Waals surface area contributed by atoms with Gasteiger partial charge in [-0.15, -0.1) is 0 Å². The van der Waals surface area contributed by atoms with E-state index >= 15 is 0 Å². The van der Waals surface area contributed by atoms with Crippen molar-refractivity contribution in [1.82, 2.24) is 0 Å². The maximum Gasteiger partial charge on any atom is 0.330 e. The van der Waals surface area contributed by atoms with Crippen LogP contribution in [-0.4, -0.2) is 34.1 Å². The van der Waals surface area contributed by atoms with Crippen LogP contribution in [0.2, 0.25) is 0 Å². The molecule has 0 amide bonds. The summed E-state index contributed by atoms with van der Waals surface area (Å²) >= 11 is 0. The van der Waals surface area contributed by atoms with Crippen LogP contribution in [0, 0.1) is 10.8 Å². The summed E-state index contributed by atoms with van der Waals surface area (Å²) in [5, 5.41) is 17.4. The monoisotopic (exact) mass is 246 g/mol. The average molecular weight is 246 g/mol. The molecule has 0 saturated carbocycles. The number of esters is 2. The number of aliphatic carboxylic acids is 2. The molecule has 0 bridgehead atoms. The third-order valence-electron chi connectivity index (χ3n) is 2.28. The minimum Gasteiger partial charge on any atom is -0.480 e. The topological polar surface area (TPSA) is 118 Å². The van der Waals surface area contributed by atoms with E-state index in [0.29, 0.717) is 0 Å². The minimum absolute atomic E-state index is 1.05. The van der Waals surface area contributed by atoms with Gasteiger partial charge in [0.05, 0.1) is 0 Å². The summed E-state index contributed by atoms with van der Waals surface area (Å²) in [7, 11) is 0. The molecule has 0 heterocycles. The van der Waals surface area contributed by atoms with E-state index < -0.39 is 34.7 Å². The normalized spacial score (nSPS) is 11.8. The van der Waals surface area contributed by atoms with E-state index in [1.54, 1.807) is 0 Å². The van der Waals surface area contributed by atoms with Crippen LogP contribution in [0.15, 0.2) is 0 Å². The zero-order valence-electron chi connectivity index (χ0n) is 9.94. The van der Waals surface area contributed by atoms with Gasteiger partial charge in [0.1, 0.15) is 0 Å². The van der Waals surface area contributed by atoms with Gasteiger partial charge in [-0.25, -0.2) is 0 Å². The Morgan fingerprint density at radius 2 is 1.00 bits per heavy atom. The molecule has 0 rings (SSSR count). The SMILES string of the molecule is CC(C)(C(=O)O)C(=O)OC(=O)C(C)(C)C(=O)O. The van der Waals surface area contributed by atoms with Gasteiger partial charge in [-0.2, -0.15) is 0 Å². The fourth-order valence-electron chi connectivity index (χ4n) is 0.514. The summed E-state index contributed by atoms with van der Waals surface area (Å²) in [5.41, 5.74) is -3.82. The Hall–Kier alpha value is -1.92. The molecule has 0 aliphatic carbocycles. The van der Waals surface area contributed by atoms with Gasteiger partial charge < -0.3 is 14.9 Å². The van der Waals surface area contributed by atoms with Crippen LogP contribution < -0.4 is 0 Å². The fourth-order valence-corrected chi connectivity index (χ4v) is 0.514. The number of hydrogen-bond acceptors (Lipinski definition) is 5. The zero-order valence-corrected chi connectivity index (χ0v) is 9.94. The second-order valence-electron chi connectivity index (χ2n) is 4.54. The van der Waals surface area contributed by atoms with Crippen LogP contribution >= 0.6 is 0 Å². The third kappa shape index (κ3) is 3.02. The molecule has 0 aromatic rings. The van der Waals surface area contributed by atoms with Crippen LogP contribution in [0.25, 0.3) is 0 Å². The highest BCUT2D eigenvalue weighted by molar-refractivity contribution is 6.06. The molecule has 0 fully saturated rings. The highest BCUT2D eigenvalue weighted by Gasteiger charge is 2.44. The predicted octanol–water partition coefficient (Wildman–Crippen LogP) is 0.278. The first-order valence-electron chi connectivity index (χ1n) is 4.67. The standard InChI is InChI=1S/C10H14O7/c1-9(2,5(11)12)7(15)17-8(16)10(3,4)6(13)14/h1-4H3,(H,11,12)(H,13,14). The molecule has 0 aliphatic heterocycles. The van der Waals surface area contributed by atoms with Crippen LogP contribution in [0.1, 0.15) is 27.7 Å². The number of carboxylic acid groups (broad SMARTS) is 2. The molecule has 2 N–H and O–H groups in total. The lowest BCUT2D eigenvalue weighted by atomic mass is 9.92. The Kier molecular flexibility index (Phi) is 4.01. The van der Waals surface area contributed by atoms with Crippen LogP contribution in [0.5, 0.6) is 0 Å². The van der Waals surface area contributed by atoms with E-state index in [4.69, 9.17) is 10.2 Å². The van der Waals surface area contributed by atoms with Gasteiger partial charge in [0, 0.05) is 0 Å². The summed E-state index contributed by atoms with van der Waals surface area (Å²) in [4.78, 5) is 44.1. The van der Waals surface area contributed by atoms with E-state index in [9.17, 15) is 19.2 Å². The van der Waals surface area contributed by atoms with Gasteiger partial charge in [0.2, 0.25) is 0 Å². The molecule has 0 aliphatic rings. The smallest absolute Gasteiger partial charge is 0.330 e. The maximum absolute atomic E-state index is 11.4. The Labute approximate surface area is 97.4 Å². The second kappa shape index (κ2) is 4.52. The van der Waals surface area contributed by atoms with Crippen molar-refractivity contribution in [2.24, 2.45) is 10.8 Å². The molecular weight excluding hydrogens is 232 g/mol. The summed E-state index contributed by atoms with van der Waals surface area (Å²) in [6, 6.07) is 0. The summed E-state index contributed by atoms with van der Waals surface area (Å²) in [6.07, 6.45) is 0. The molecule has 0 atom stereocenters. The number of carboxylic acids is 2. The van der Waals surface area contributed by atoms with E-state index in [-0.39, 0.29) is 0 Å². The molecule has 0 aromatic carbocycles. The molecule has 17 heavy (non-hydrogen) atoms. The van der Waals surface area contributed by atoms with Crippen molar-refractivity contribution < 1.29 is 34.1 Å². The van der Waals surface area contributed by atoms with Crippen LogP contribution in [0.3, 0.4) is 0 Å². The van der Waals surface area contributed by atoms with Crippen molar-refractivity contribution >= 4 is 23.9 Å². The third-order valence-corrected chi connectivity index (χ3v) is 2.28. The first-order chi connectivity index (χ1) is 7.44. The largest absolute Gasteiger partial charge is 0.480 e. The minimum atomic E-state index is -1.91. The Bertz CT molecular complexity index is 342. The molecule has 0 unspecified atom stereocenters. The van der Waals surface area contributed by atoms with Gasteiger partial charge in [0.15, 0.2) is 10.8 Å². The van der Waals surface area contributed by atoms with Crippen molar-refractivity contribution in [1.29, 1.82) is 0 Å². The highest BCUT2D eigenvalue weighted by atomic mass is 16.6. The van der Waals surface area contributed by atoms with Crippen molar-refractivity contribution in [2.75, 3.05) is 0 Å². The molecular formula is C10H14O7. The predicted molar refractivity (Wildman–Crippen MR) is 53.9 cm³/mol. The Morgan fingerprint density at radius 1 is 0.765 bits per heavy atom. The summed E-state index contributed by atoms with van der Waals surface area (Å²) < 4.78 is 4.26. The first kappa shape index (κ1) is 15.1. The number of carbonyl (C=O) groups excluding carboxylic acids is 2. The lowest BCUT2D eigenvalue weighted by molar-refractivity contribution is -0.178. The van der Waals surface area contributed by atoms with Crippen molar-refractivity contribution in [3.05, 3.63) is 0 Å². The zero-order chi connectivity index (χ0) is 14.0. The van der Waals surface area contributed by atoms with Crippen molar-refractivity contribution in [3.63, 3.8) is 0 Å². The first-order valence-corrected chi connectivity index (χ1v) is 4.67. The number of carbonyl (C=O) groups is 4. The number of hydrogen-bond donors (Lipinski definition) is 2. The highest BCUT2D eigenvalue weighted by Crippen LogP contribution is 2.22. The van der Waals surface area contributed by atoms with Gasteiger partial charge in [0.25, 0.3) is 0 Å². The van der Waals surface area contributed by atoms with Gasteiger partial charge in [-0.1, -0.05) is 0 Å². The Balaban J connectivity index is 4.90. The second-order valence-corrected chi connectivity index (χ2v) is 4.54. The van der Waals surface area contributed by atoms with Gasteiger partial charge >= 0.3 is 23.9 Å². The van der Waals surface area contributed by atoms with Crippen molar-refractivity contribution in [3.8, 4) is 0 Å². The maximum atomic E-state index is 11.4. The summed E-state index contributed by atoms with van der Waals surface area (Å²) in [6.45, 7) is 4.22. The van der Waals surface area contributed by atoms with E-state index in [1.165, 1.54) is 0 Å². The molecule has 7 nitrogen and oxygen atoms in total. The van der Waals surface area contributed by atoms with Crippen molar-refractivity contribution in [2.45, 2.75) is 27.7 Å². The van der Waals surface area contributed by atoms with Crippen LogP contribution in [-0.2, 0) is 23.9 Å². The van der Waals surface area contributed by atoms with Gasteiger partial charge in [-0.05, 0) is 27.7 Å². The average Bonchev–Trinajstić information content (AvgIpc) is 2.16. The molecule has 7 heteroatoms. The number of rotatable bonds is 4. The molecule has 96 valence electrons. The Morgan fingerprint density at radius 3 is 1.18 bits per heavy atom. The fraction of sp³-hybridized carbons (Fsp3) is 0.600. The number of ether oxygens (including phenoxy) is 1. The summed E-state index contributed by atoms with van der Waals surface area (Å²) in [5.74, 6) is -5.54. The quantitative estimate of drug-likeness (QED) is 0.540. The van der Waals surface area contributed by atoms with Gasteiger partial charge in [-0.3, -0.25) is 19.2 Å². The van der Waals surface area contributed by atoms with E-state index in [1.807, 2.05) is 0 Å². The molecule has 0 spiro atoms. The van der Waals surface area contributed by atoms with Crippen LogP contribution in [0.4, 0.5) is 0 Å². The lowest BCUT2D eigenvalue weighted by Gasteiger charge is -2.20. The molecule has 0 radical (unpaired) electrons. The molecule has 0 saturated heterocycles.